The first-order chi connectivity index (χ1) is 7.20. The van der Waals surface area contributed by atoms with E-state index in [1.54, 1.807) is 0 Å². The Morgan fingerprint density at radius 1 is 1.60 bits per heavy atom. The average molecular weight is 206 g/mol. The molecular weight excluding hydrogens is 192 g/mol. The third-order valence-corrected chi connectivity index (χ3v) is 2.69. The van der Waals surface area contributed by atoms with E-state index >= 15 is 0 Å². The molecule has 0 saturated heterocycles. The number of methoxy groups -OCH3 is 1. The van der Waals surface area contributed by atoms with Crippen LogP contribution in [0.5, 0.6) is 5.75 Å². The molecular formula is C12H14O3. The summed E-state index contributed by atoms with van der Waals surface area (Å²) in [4.78, 5) is 11.2. The van der Waals surface area contributed by atoms with E-state index in [4.69, 9.17) is 4.74 Å². The van der Waals surface area contributed by atoms with E-state index in [9.17, 15) is 4.79 Å². The quantitative estimate of drug-likeness (QED) is 0.694. The number of hydrogen-bond acceptors (Lipinski definition) is 3. The molecule has 0 fully saturated rings. The summed E-state index contributed by atoms with van der Waals surface area (Å²) < 4.78 is 10.2. The number of aryl methyl sites for hydroxylation is 1. The molecule has 0 spiro atoms. The summed E-state index contributed by atoms with van der Waals surface area (Å²) in [5.41, 5.74) is 2.29. The van der Waals surface area contributed by atoms with Crippen molar-refractivity contribution < 1.29 is 14.3 Å². The van der Waals surface area contributed by atoms with Crippen LogP contribution in [0, 0.1) is 6.92 Å². The van der Waals surface area contributed by atoms with E-state index in [0.717, 1.165) is 11.3 Å². The van der Waals surface area contributed by atoms with Gasteiger partial charge in [-0.25, -0.2) is 0 Å². The molecule has 1 heterocycles. The van der Waals surface area contributed by atoms with E-state index < -0.39 is 0 Å². The molecule has 3 nitrogen and oxygen atoms in total. The van der Waals surface area contributed by atoms with Crippen LogP contribution in [-0.4, -0.2) is 19.7 Å². The van der Waals surface area contributed by atoms with Crippen molar-refractivity contribution in [3.8, 4) is 5.75 Å². The molecule has 1 aromatic carbocycles. The standard InChI is InChI=1S/C12H14O3/c1-8-3-4-10-9(6-12(13)14-2)7-15-11(10)5-8/h3-5,9H,6-7H2,1-2H3/t9-/m1/s1. The van der Waals surface area contributed by atoms with Crippen LogP contribution in [0.4, 0.5) is 0 Å². The smallest absolute Gasteiger partial charge is 0.306 e. The maximum absolute atomic E-state index is 11.2. The molecule has 1 aliphatic heterocycles. The normalized spacial score (nSPS) is 18.1. The topological polar surface area (TPSA) is 35.5 Å². The van der Waals surface area contributed by atoms with E-state index in [1.807, 2.05) is 25.1 Å². The first-order valence-corrected chi connectivity index (χ1v) is 5.01. The van der Waals surface area contributed by atoms with E-state index in [-0.39, 0.29) is 11.9 Å². The largest absolute Gasteiger partial charge is 0.493 e. The summed E-state index contributed by atoms with van der Waals surface area (Å²) in [6.45, 7) is 2.60. The average Bonchev–Trinajstić information content (AvgIpc) is 2.60. The highest BCUT2D eigenvalue weighted by atomic mass is 16.5. The first-order valence-electron chi connectivity index (χ1n) is 5.01. The van der Waals surface area contributed by atoms with Gasteiger partial charge in [-0.2, -0.15) is 0 Å². The molecule has 0 saturated carbocycles. The zero-order valence-corrected chi connectivity index (χ0v) is 8.95. The van der Waals surface area contributed by atoms with Crippen molar-refractivity contribution in [1.82, 2.24) is 0 Å². The zero-order valence-electron chi connectivity index (χ0n) is 8.95. The predicted molar refractivity (Wildman–Crippen MR) is 56.0 cm³/mol. The van der Waals surface area contributed by atoms with Gasteiger partial charge in [-0.15, -0.1) is 0 Å². The van der Waals surface area contributed by atoms with Crippen LogP contribution in [0.2, 0.25) is 0 Å². The number of carbonyl (C=O) groups is 1. The van der Waals surface area contributed by atoms with Gasteiger partial charge in [-0.1, -0.05) is 12.1 Å². The van der Waals surface area contributed by atoms with Crippen LogP contribution in [0.1, 0.15) is 23.5 Å². The summed E-state index contributed by atoms with van der Waals surface area (Å²) in [5, 5.41) is 0. The van der Waals surface area contributed by atoms with Gasteiger partial charge in [0.2, 0.25) is 0 Å². The summed E-state index contributed by atoms with van der Waals surface area (Å²) in [5.74, 6) is 0.869. The van der Waals surface area contributed by atoms with Crippen molar-refractivity contribution in [2.24, 2.45) is 0 Å². The Balaban J connectivity index is 2.18. The zero-order chi connectivity index (χ0) is 10.8. The van der Waals surface area contributed by atoms with Gasteiger partial charge in [-0.3, -0.25) is 4.79 Å². The molecule has 0 aliphatic carbocycles. The number of hydrogen-bond donors (Lipinski definition) is 0. The lowest BCUT2D eigenvalue weighted by Crippen LogP contribution is -2.09. The SMILES string of the molecule is COC(=O)C[C@@H]1COc2cc(C)ccc21. The Morgan fingerprint density at radius 2 is 2.40 bits per heavy atom. The van der Waals surface area contributed by atoms with Gasteiger partial charge in [0.05, 0.1) is 20.1 Å². The molecule has 80 valence electrons. The molecule has 0 unspecified atom stereocenters. The second-order valence-electron chi connectivity index (χ2n) is 3.83. The lowest BCUT2D eigenvalue weighted by Gasteiger charge is -2.06. The molecule has 1 aromatic rings. The number of fused-ring (bicyclic) bond motifs is 1. The minimum absolute atomic E-state index is 0.146. The van der Waals surface area contributed by atoms with Crippen LogP contribution < -0.4 is 4.74 Å². The fourth-order valence-corrected chi connectivity index (χ4v) is 1.84. The highest BCUT2D eigenvalue weighted by Crippen LogP contribution is 2.36. The predicted octanol–water partition coefficient (Wildman–Crippen LogP) is 2.03. The summed E-state index contributed by atoms with van der Waals surface area (Å²) in [7, 11) is 1.41. The van der Waals surface area contributed by atoms with Gasteiger partial charge >= 0.3 is 5.97 Å². The number of ether oxygens (including phenoxy) is 2. The maximum atomic E-state index is 11.2. The van der Waals surface area contributed by atoms with Gasteiger partial charge in [0, 0.05) is 11.5 Å². The van der Waals surface area contributed by atoms with Crippen molar-refractivity contribution in [2.45, 2.75) is 19.3 Å². The van der Waals surface area contributed by atoms with Crippen molar-refractivity contribution in [2.75, 3.05) is 13.7 Å². The molecule has 1 atom stereocenters. The van der Waals surface area contributed by atoms with Gasteiger partial charge in [0.25, 0.3) is 0 Å². The Kier molecular flexibility index (Phi) is 2.62. The maximum Gasteiger partial charge on any atom is 0.306 e. The number of carbonyl (C=O) groups excluding carboxylic acids is 1. The van der Waals surface area contributed by atoms with Gasteiger partial charge < -0.3 is 9.47 Å². The van der Waals surface area contributed by atoms with Gasteiger partial charge in [0.1, 0.15) is 5.75 Å². The number of esters is 1. The van der Waals surface area contributed by atoms with Crippen LogP contribution >= 0.6 is 0 Å². The molecule has 0 amide bonds. The van der Waals surface area contributed by atoms with Crippen molar-refractivity contribution in [1.29, 1.82) is 0 Å². The molecule has 2 rings (SSSR count). The van der Waals surface area contributed by atoms with Crippen molar-refractivity contribution >= 4 is 5.97 Å². The van der Waals surface area contributed by atoms with Crippen LogP contribution in [0.15, 0.2) is 18.2 Å². The van der Waals surface area contributed by atoms with Gasteiger partial charge in [-0.05, 0) is 18.6 Å². The highest BCUT2D eigenvalue weighted by Gasteiger charge is 2.26. The second-order valence-corrected chi connectivity index (χ2v) is 3.83. The van der Waals surface area contributed by atoms with Crippen molar-refractivity contribution in [3.05, 3.63) is 29.3 Å². The van der Waals surface area contributed by atoms with E-state index in [0.29, 0.717) is 13.0 Å². The molecule has 1 aliphatic rings. The van der Waals surface area contributed by atoms with Crippen LogP contribution in [-0.2, 0) is 9.53 Å². The Bertz CT molecular complexity index is 384. The van der Waals surface area contributed by atoms with Crippen LogP contribution in [0.25, 0.3) is 0 Å². The molecule has 3 heteroatoms. The Morgan fingerprint density at radius 3 is 3.13 bits per heavy atom. The fourth-order valence-electron chi connectivity index (χ4n) is 1.84. The monoisotopic (exact) mass is 206 g/mol. The lowest BCUT2D eigenvalue weighted by molar-refractivity contribution is -0.141. The first kappa shape index (κ1) is 10.0. The van der Waals surface area contributed by atoms with Gasteiger partial charge in [0.15, 0.2) is 0 Å². The molecule has 0 aromatic heterocycles. The molecule has 0 radical (unpaired) electrons. The molecule has 0 bridgehead atoms. The molecule has 0 N–H and O–H groups in total. The molecule has 15 heavy (non-hydrogen) atoms. The third kappa shape index (κ3) is 1.96. The second kappa shape index (κ2) is 3.93. The summed E-state index contributed by atoms with van der Waals surface area (Å²) in [6.07, 6.45) is 0.395. The highest BCUT2D eigenvalue weighted by molar-refractivity contribution is 5.71. The minimum atomic E-state index is -0.183. The Hall–Kier alpha value is -1.51. The summed E-state index contributed by atoms with van der Waals surface area (Å²) >= 11 is 0. The summed E-state index contributed by atoms with van der Waals surface area (Å²) in [6, 6.07) is 6.08. The van der Waals surface area contributed by atoms with E-state index in [1.165, 1.54) is 12.7 Å². The number of benzene rings is 1. The van der Waals surface area contributed by atoms with E-state index in [2.05, 4.69) is 4.74 Å². The number of rotatable bonds is 2. The van der Waals surface area contributed by atoms with Crippen molar-refractivity contribution in [3.63, 3.8) is 0 Å². The fraction of sp³-hybridized carbons (Fsp3) is 0.417. The minimum Gasteiger partial charge on any atom is -0.493 e. The third-order valence-electron chi connectivity index (χ3n) is 2.69. The van der Waals surface area contributed by atoms with Crippen LogP contribution in [0.3, 0.4) is 0 Å². The Labute approximate surface area is 89.0 Å². The lowest BCUT2D eigenvalue weighted by atomic mass is 9.97.